The first-order valence-electron chi connectivity index (χ1n) is 16.1. The van der Waals surface area contributed by atoms with Crippen LogP contribution in [0.15, 0.2) is 188 Å². The van der Waals surface area contributed by atoms with Crippen molar-refractivity contribution in [2.45, 2.75) is 0 Å². The molecular formula is C45H31N3. The van der Waals surface area contributed by atoms with Crippen LogP contribution in [-0.4, -0.2) is 15.0 Å². The van der Waals surface area contributed by atoms with Crippen LogP contribution in [0.3, 0.4) is 0 Å². The highest BCUT2D eigenvalue weighted by Gasteiger charge is 2.15. The zero-order valence-electron chi connectivity index (χ0n) is 26.2. The molecule has 5 aromatic carbocycles. The van der Waals surface area contributed by atoms with E-state index in [9.17, 15) is 0 Å². The molecule has 0 N–H and O–H groups in total. The fourth-order valence-electron chi connectivity index (χ4n) is 6.01. The molecule has 8 aromatic rings. The molecule has 0 saturated heterocycles. The van der Waals surface area contributed by atoms with Gasteiger partial charge < -0.3 is 0 Å². The van der Waals surface area contributed by atoms with Crippen molar-refractivity contribution in [3.63, 3.8) is 0 Å². The van der Waals surface area contributed by atoms with Gasteiger partial charge in [-0.05, 0) is 47.5 Å². The van der Waals surface area contributed by atoms with Crippen molar-refractivity contribution >= 4 is 0 Å². The maximum Gasteiger partial charge on any atom is 0.0717 e. The average molecular weight is 614 g/mol. The van der Waals surface area contributed by atoms with Crippen molar-refractivity contribution in [3.8, 4) is 78.7 Å². The molecule has 0 aliphatic rings. The smallest absolute Gasteiger partial charge is 0.0717 e. The minimum absolute atomic E-state index is 0.877. The summed E-state index contributed by atoms with van der Waals surface area (Å²) < 4.78 is 0. The first-order chi connectivity index (χ1) is 23.8. The number of pyridine rings is 3. The highest BCUT2D eigenvalue weighted by molar-refractivity contribution is 5.82. The highest BCUT2D eigenvalue weighted by atomic mass is 14.8. The van der Waals surface area contributed by atoms with Gasteiger partial charge in [-0.2, -0.15) is 0 Å². The van der Waals surface area contributed by atoms with Gasteiger partial charge in [0.1, 0.15) is 0 Å². The van der Waals surface area contributed by atoms with E-state index in [0.29, 0.717) is 0 Å². The Morgan fingerprint density at radius 3 is 0.667 bits per heavy atom. The molecule has 3 heteroatoms. The second kappa shape index (κ2) is 13.1. The predicted octanol–water partition coefficient (Wildman–Crippen LogP) is 11.5. The van der Waals surface area contributed by atoms with Gasteiger partial charge in [-0.1, -0.05) is 152 Å². The van der Waals surface area contributed by atoms with E-state index in [0.717, 1.165) is 78.7 Å². The van der Waals surface area contributed by atoms with Gasteiger partial charge >= 0.3 is 0 Å². The summed E-state index contributed by atoms with van der Waals surface area (Å²) in [6, 6.07) is 64.9. The van der Waals surface area contributed by atoms with Gasteiger partial charge in [0.05, 0.1) is 34.2 Å². The number of hydrogen-bond donors (Lipinski definition) is 0. The third kappa shape index (κ3) is 6.18. The molecule has 0 unspecified atom stereocenters. The lowest BCUT2D eigenvalue weighted by Crippen LogP contribution is -1.96. The molecule has 0 fully saturated rings. The monoisotopic (exact) mass is 613 g/mol. The SMILES string of the molecule is c1ccc(-c2cc(-c3cc(-c4ccccc4)nc(-c4ccccc4)c3)nc(-c3cc(-c4ccccc4)nc(-c4ccccc4)c3)c2)cc1. The summed E-state index contributed by atoms with van der Waals surface area (Å²) in [4.78, 5) is 15.6. The van der Waals surface area contributed by atoms with Crippen molar-refractivity contribution in [1.29, 1.82) is 0 Å². The Balaban J connectivity index is 1.36. The Kier molecular flexibility index (Phi) is 7.92. The maximum atomic E-state index is 5.38. The van der Waals surface area contributed by atoms with Gasteiger partial charge in [0.15, 0.2) is 0 Å². The summed E-state index contributed by atoms with van der Waals surface area (Å²) >= 11 is 0. The van der Waals surface area contributed by atoms with Crippen LogP contribution in [0, 0.1) is 0 Å². The van der Waals surface area contributed by atoms with Crippen LogP contribution in [0.5, 0.6) is 0 Å². The molecule has 0 radical (unpaired) electrons. The lowest BCUT2D eigenvalue weighted by Gasteiger charge is -2.14. The third-order valence-electron chi connectivity index (χ3n) is 8.45. The first kappa shape index (κ1) is 29.0. The van der Waals surface area contributed by atoms with Crippen LogP contribution in [0.1, 0.15) is 0 Å². The van der Waals surface area contributed by atoms with E-state index >= 15 is 0 Å². The summed E-state index contributed by atoms with van der Waals surface area (Å²) in [5.41, 5.74) is 13.8. The van der Waals surface area contributed by atoms with E-state index in [1.165, 1.54) is 0 Å². The molecule has 3 heterocycles. The second-order valence-corrected chi connectivity index (χ2v) is 11.7. The summed E-state index contributed by atoms with van der Waals surface area (Å²) in [6.45, 7) is 0. The van der Waals surface area contributed by atoms with Crippen LogP contribution in [0.25, 0.3) is 78.7 Å². The summed E-state index contributed by atoms with van der Waals surface area (Å²) in [5, 5.41) is 0. The summed E-state index contributed by atoms with van der Waals surface area (Å²) in [5.74, 6) is 0. The number of rotatable bonds is 7. The second-order valence-electron chi connectivity index (χ2n) is 11.7. The third-order valence-corrected chi connectivity index (χ3v) is 8.45. The van der Waals surface area contributed by atoms with Crippen molar-refractivity contribution in [1.82, 2.24) is 15.0 Å². The molecule has 0 spiro atoms. The fourth-order valence-corrected chi connectivity index (χ4v) is 6.01. The normalized spacial score (nSPS) is 10.9. The zero-order chi connectivity index (χ0) is 32.1. The lowest BCUT2D eigenvalue weighted by atomic mass is 9.97. The number of aromatic nitrogens is 3. The minimum atomic E-state index is 0.877. The number of nitrogens with zero attached hydrogens (tertiary/aromatic N) is 3. The Bertz CT molecular complexity index is 2040. The molecule has 0 amide bonds. The van der Waals surface area contributed by atoms with Gasteiger partial charge in [0.2, 0.25) is 0 Å². The van der Waals surface area contributed by atoms with Crippen LogP contribution in [0.4, 0.5) is 0 Å². The molecule has 0 bridgehead atoms. The van der Waals surface area contributed by atoms with Gasteiger partial charge in [0.25, 0.3) is 0 Å². The molecule has 0 saturated carbocycles. The largest absolute Gasteiger partial charge is 0.248 e. The van der Waals surface area contributed by atoms with Crippen molar-refractivity contribution in [2.75, 3.05) is 0 Å². The van der Waals surface area contributed by atoms with E-state index < -0.39 is 0 Å². The summed E-state index contributed by atoms with van der Waals surface area (Å²) in [6.07, 6.45) is 0. The van der Waals surface area contributed by atoms with Gasteiger partial charge in [0, 0.05) is 33.4 Å². The molecule has 3 nitrogen and oxygen atoms in total. The van der Waals surface area contributed by atoms with Gasteiger partial charge in [-0.25, -0.2) is 15.0 Å². The lowest BCUT2D eigenvalue weighted by molar-refractivity contribution is 1.27. The zero-order valence-corrected chi connectivity index (χ0v) is 26.2. The van der Waals surface area contributed by atoms with E-state index in [2.05, 4.69) is 164 Å². The quantitative estimate of drug-likeness (QED) is 0.179. The first-order valence-corrected chi connectivity index (χ1v) is 16.1. The topological polar surface area (TPSA) is 38.7 Å². The van der Waals surface area contributed by atoms with E-state index in [1.807, 2.05) is 24.3 Å². The standard InChI is InChI=1S/C45H31N3/c1-6-16-32(17-7-1)37-26-44(38-28-40(33-18-8-2-9-19-33)46-41(29-38)34-20-10-3-11-21-34)48-45(27-37)39-30-42(35-22-12-4-13-23-35)47-43(31-39)36-24-14-5-15-25-36/h1-31H. The van der Waals surface area contributed by atoms with Crippen LogP contribution in [0.2, 0.25) is 0 Å². The average Bonchev–Trinajstić information content (AvgIpc) is 3.19. The number of hydrogen-bond acceptors (Lipinski definition) is 3. The van der Waals surface area contributed by atoms with Crippen molar-refractivity contribution in [2.24, 2.45) is 0 Å². The molecule has 0 atom stereocenters. The van der Waals surface area contributed by atoms with Gasteiger partial charge in [-0.15, -0.1) is 0 Å². The van der Waals surface area contributed by atoms with Crippen LogP contribution >= 0.6 is 0 Å². The van der Waals surface area contributed by atoms with Crippen LogP contribution in [-0.2, 0) is 0 Å². The minimum Gasteiger partial charge on any atom is -0.248 e. The maximum absolute atomic E-state index is 5.38. The molecule has 48 heavy (non-hydrogen) atoms. The molecule has 226 valence electrons. The van der Waals surface area contributed by atoms with E-state index in [-0.39, 0.29) is 0 Å². The van der Waals surface area contributed by atoms with E-state index in [4.69, 9.17) is 15.0 Å². The van der Waals surface area contributed by atoms with Gasteiger partial charge in [-0.3, -0.25) is 0 Å². The molecular weight excluding hydrogens is 583 g/mol. The highest BCUT2D eigenvalue weighted by Crippen LogP contribution is 2.36. The Labute approximate surface area is 280 Å². The molecule has 8 rings (SSSR count). The molecule has 0 aliphatic heterocycles. The van der Waals surface area contributed by atoms with Crippen LogP contribution < -0.4 is 0 Å². The summed E-state index contributed by atoms with van der Waals surface area (Å²) in [7, 11) is 0. The van der Waals surface area contributed by atoms with Crippen molar-refractivity contribution < 1.29 is 0 Å². The van der Waals surface area contributed by atoms with E-state index in [1.54, 1.807) is 0 Å². The molecule has 0 aliphatic carbocycles. The Morgan fingerprint density at radius 1 is 0.188 bits per heavy atom. The fraction of sp³-hybridized carbons (Fsp3) is 0. The Morgan fingerprint density at radius 2 is 0.396 bits per heavy atom. The molecule has 3 aromatic heterocycles. The van der Waals surface area contributed by atoms with Crippen molar-refractivity contribution in [3.05, 3.63) is 188 Å². The predicted molar refractivity (Wildman–Crippen MR) is 198 cm³/mol. The number of benzene rings is 5. The Hall–Kier alpha value is -6.45.